The molecular formula is C25H21ClN2O5. The van der Waals surface area contributed by atoms with Gasteiger partial charge in [0.2, 0.25) is 5.91 Å². The van der Waals surface area contributed by atoms with Crippen LogP contribution in [0.5, 0.6) is 0 Å². The Morgan fingerprint density at radius 2 is 1.33 bits per heavy atom. The van der Waals surface area contributed by atoms with Crippen LogP contribution in [0.1, 0.15) is 40.1 Å². The van der Waals surface area contributed by atoms with Gasteiger partial charge >= 0.3 is 5.97 Å². The lowest BCUT2D eigenvalue weighted by atomic mass is 9.98. The maximum absolute atomic E-state index is 12.9. The van der Waals surface area contributed by atoms with Crippen LogP contribution in [-0.2, 0) is 14.3 Å². The van der Waals surface area contributed by atoms with Crippen LogP contribution in [0.15, 0.2) is 72.8 Å². The highest BCUT2D eigenvalue weighted by Gasteiger charge is 2.23. The van der Waals surface area contributed by atoms with Crippen molar-refractivity contribution in [3.63, 3.8) is 0 Å². The van der Waals surface area contributed by atoms with E-state index in [1.807, 2.05) is 0 Å². The summed E-state index contributed by atoms with van der Waals surface area (Å²) < 4.78 is 5.31. The average Bonchev–Trinajstić information content (AvgIpc) is 2.80. The average molecular weight is 465 g/mol. The quantitative estimate of drug-likeness (QED) is 0.389. The minimum atomic E-state index is -1.12. The number of carbonyl (C=O) groups excluding carboxylic acids is 4. The predicted octanol–water partition coefficient (Wildman–Crippen LogP) is 4.71. The second-order valence-electron chi connectivity index (χ2n) is 7.18. The normalized spacial score (nSPS) is 11.2. The molecule has 0 heterocycles. The summed E-state index contributed by atoms with van der Waals surface area (Å²) in [6.07, 6.45) is -1.12. The van der Waals surface area contributed by atoms with Gasteiger partial charge in [-0.2, -0.15) is 0 Å². The molecule has 8 heteroatoms. The summed E-state index contributed by atoms with van der Waals surface area (Å²) >= 11 is 5.88. The molecule has 1 atom stereocenters. The summed E-state index contributed by atoms with van der Waals surface area (Å²) in [7, 11) is 0. The number of carbonyl (C=O) groups is 4. The van der Waals surface area contributed by atoms with Crippen molar-refractivity contribution in [2.45, 2.75) is 20.0 Å². The molecule has 2 N–H and O–H groups in total. The molecule has 2 amide bonds. The molecule has 0 aliphatic rings. The number of nitrogens with one attached hydrogen (secondary N) is 2. The Labute approximate surface area is 195 Å². The third-order valence-corrected chi connectivity index (χ3v) is 4.88. The zero-order chi connectivity index (χ0) is 24.0. The third-order valence-electron chi connectivity index (χ3n) is 4.62. The van der Waals surface area contributed by atoms with E-state index in [2.05, 4.69) is 10.6 Å². The zero-order valence-electron chi connectivity index (χ0n) is 17.9. The van der Waals surface area contributed by atoms with Crippen LogP contribution in [-0.4, -0.2) is 29.7 Å². The van der Waals surface area contributed by atoms with Crippen LogP contribution in [0.3, 0.4) is 0 Å². The standard InChI is InChI=1S/C25H21ClN2O5/c1-15(24(31)28-20-13-11-19(12-14-20)27-16(2)29)33-25(32)22-6-4-3-5-21(22)23(30)17-7-9-18(26)10-8-17/h3-15H,1-2H3,(H,27,29)(H,28,31). The molecule has 7 nitrogen and oxygen atoms in total. The first-order valence-electron chi connectivity index (χ1n) is 10.0. The van der Waals surface area contributed by atoms with Crippen LogP contribution in [0.4, 0.5) is 11.4 Å². The monoisotopic (exact) mass is 464 g/mol. The van der Waals surface area contributed by atoms with Gasteiger partial charge in [0.1, 0.15) is 0 Å². The summed E-state index contributed by atoms with van der Waals surface area (Å²) in [6.45, 7) is 2.83. The van der Waals surface area contributed by atoms with Crippen molar-refractivity contribution in [3.05, 3.63) is 94.5 Å². The minimum absolute atomic E-state index is 0.0526. The Bertz CT molecular complexity index is 1190. The lowest BCUT2D eigenvalue weighted by Crippen LogP contribution is -2.30. The maximum atomic E-state index is 12.9. The Balaban J connectivity index is 1.68. The molecular weight excluding hydrogens is 444 g/mol. The number of halogens is 1. The fourth-order valence-corrected chi connectivity index (χ4v) is 3.10. The van der Waals surface area contributed by atoms with Crippen molar-refractivity contribution in [2.75, 3.05) is 10.6 Å². The van der Waals surface area contributed by atoms with Crippen molar-refractivity contribution in [1.82, 2.24) is 0 Å². The molecule has 0 aliphatic heterocycles. The van der Waals surface area contributed by atoms with Gasteiger partial charge in [-0.3, -0.25) is 14.4 Å². The highest BCUT2D eigenvalue weighted by molar-refractivity contribution is 6.30. The van der Waals surface area contributed by atoms with Gasteiger partial charge in [-0.25, -0.2) is 4.79 Å². The number of rotatable bonds is 7. The lowest BCUT2D eigenvalue weighted by molar-refractivity contribution is -0.123. The molecule has 0 aromatic heterocycles. The van der Waals surface area contributed by atoms with Gasteiger partial charge in [-0.05, 0) is 61.5 Å². The number of esters is 1. The molecule has 3 rings (SSSR count). The minimum Gasteiger partial charge on any atom is -0.449 e. The van der Waals surface area contributed by atoms with E-state index < -0.39 is 18.0 Å². The van der Waals surface area contributed by atoms with Gasteiger partial charge in [-0.15, -0.1) is 0 Å². The van der Waals surface area contributed by atoms with Gasteiger partial charge in [-0.1, -0.05) is 29.8 Å². The second-order valence-corrected chi connectivity index (χ2v) is 7.61. The van der Waals surface area contributed by atoms with Gasteiger partial charge in [0.25, 0.3) is 5.91 Å². The van der Waals surface area contributed by atoms with Crippen LogP contribution in [0, 0.1) is 0 Å². The van der Waals surface area contributed by atoms with Crippen molar-refractivity contribution in [2.24, 2.45) is 0 Å². The van der Waals surface area contributed by atoms with Crippen molar-refractivity contribution in [1.29, 1.82) is 0 Å². The van der Waals surface area contributed by atoms with Crippen molar-refractivity contribution in [3.8, 4) is 0 Å². The highest BCUT2D eigenvalue weighted by Crippen LogP contribution is 2.19. The smallest absolute Gasteiger partial charge is 0.339 e. The molecule has 0 bridgehead atoms. The molecule has 3 aromatic carbocycles. The Morgan fingerprint density at radius 1 is 0.788 bits per heavy atom. The van der Waals surface area contributed by atoms with Crippen LogP contribution < -0.4 is 10.6 Å². The van der Waals surface area contributed by atoms with E-state index in [1.54, 1.807) is 60.7 Å². The fourth-order valence-electron chi connectivity index (χ4n) is 2.98. The van der Waals surface area contributed by atoms with Gasteiger partial charge < -0.3 is 15.4 Å². The number of anilines is 2. The van der Waals surface area contributed by atoms with Crippen LogP contribution in [0.2, 0.25) is 5.02 Å². The Morgan fingerprint density at radius 3 is 1.91 bits per heavy atom. The van der Waals surface area contributed by atoms with E-state index in [9.17, 15) is 19.2 Å². The van der Waals surface area contributed by atoms with Crippen LogP contribution >= 0.6 is 11.6 Å². The van der Waals surface area contributed by atoms with E-state index >= 15 is 0 Å². The number of hydrogen-bond donors (Lipinski definition) is 2. The number of ketones is 1. The summed E-state index contributed by atoms with van der Waals surface area (Å²) in [5.41, 5.74) is 1.63. The zero-order valence-corrected chi connectivity index (χ0v) is 18.7. The largest absolute Gasteiger partial charge is 0.449 e. The molecule has 3 aromatic rings. The molecule has 0 saturated carbocycles. The summed E-state index contributed by atoms with van der Waals surface area (Å²) in [4.78, 5) is 49.2. The molecule has 33 heavy (non-hydrogen) atoms. The Hall–Kier alpha value is -3.97. The summed E-state index contributed by atoms with van der Waals surface area (Å²) in [5, 5.41) is 5.76. The highest BCUT2D eigenvalue weighted by atomic mass is 35.5. The lowest BCUT2D eigenvalue weighted by Gasteiger charge is -2.15. The van der Waals surface area contributed by atoms with Gasteiger partial charge in [0.15, 0.2) is 11.9 Å². The van der Waals surface area contributed by atoms with Crippen LogP contribution in [0.25, 0.3) is 0 Å². The SMILES string of the molecule is CC(=O)Nc1ccc(NC(=O)C(C)OC(=O)c2ccccc2C(=O)c2ccc(Cl)cc2)cc1. The predicted molar refractivity (Wildman–Crippen MR) is 126 cm³/mol. The second kappa shape index (κ2) is 10.6. The number of amides is 2. The van der Waals surface area contributed by atoms with E-state index in [0.717, 1.165) is 0 Å². The van der Waals surface area contributed by atoms with Gasteiger partial charge in [0.05, 0.1) is 5.56 Å². The first kappa shape index (κ1) is 23.7. The molecule has 0 radical (unpaired) electrons. The molecule has 0 aliphatic carbocycles. The number of ether oxygens (including phenoxy) is 1. The van der Waals surface area contributed by atoms with E-state index in [1.165, 1.54) is 26.0 Å². The first-order chi connectivity index (χ1) is 15.7. The number of hydrogen-bond acceptors (Lipinski definition) is 5. The molecule has 0 fully saturated rings. The topological polar surface area (TPSA) is 102 Å². The summed E-state index contributed by atoms with van der Waals surface area (Å²) in [5.74, 6) is -1.91. The molecule has 0 saturated heterocycles. The van der Waals surface area contributed by atoms with Crippen molar-refractivity contribution < 1.29 is 23.9 Å². The van der Waals surface area contributed by atoms with Gasteiger partial charge in [0, 0.05) is 34.4 Å². The molecule has 168 valence electrons. The third kappa shape index (κ3) is 6.27. The molecule has 1 unspecified atom stereocenters. The van der Waals surface area contributed by atoms with E-state index in [0.29, 0.717) is 22.0 Å². The van der Waals surface area contributed by atoms with E-state index in [-0.39, 0.29) is 22.8 Å². The Kier molecular flexibility index (Phi) is 7.58. The number of benzene rings is 3. The fraction of sp³-hybridized carbons (Fsp3) is 0.120. The van der Waals surface area contributed by atoms with E-state index in [4.69, 9.17) is 16.3 Å². The van der Waals surface area contributed by atoms with Crippen molar-refractivity contribution >= 4 is 46.5 Å². The first-order valence-corrected chi connectivity index (χ1v) is 10.4. The molecule has 0 spiro atoms. The summed E-state index contributed by atoms with van der Waals surface area (Å²) in [6, 6.07) is 19.0. The maximum Gasteiger partial charge on any atom is 0.339 e.